The van der Waals surface area contributed by atoms with Crippen molar-refractivity contribution < 1.29 is 28.9 Å². The van der Waals surface area contributed by atoms with E-state index in [0.717, 1.165) is 47.1 Å². The molecule has 252 valence electrons. The third-order valence-corrected chi connectivity index (χ3v) is 9.23. The van der Waals surface area contributed by atoms with Crippen LogP contribution in [0.15, 0.2) is 102 Å². The van der Waals surface area contributed by atoms with Crippen LogP contribution in [0, 0.1) is 5.21 Å². The average molecular weight is 671 g/mol. The van der Waals surface area contributed by atoms with E-state index in [4.69, 9.17) is 15.2 Å². The summed E-state index contributed by atoms with van der Waals surface area (Å²) in [5, 5.41) is 28.0. The highest BCUT2D eigenvalue weighted by molar-refractivity contribution is 7.99. The number of thioether (sulfide) groups is 1. The van der Waals surface area contributed by atoms with Crippen molar-refractivity contribution in [2.45, 2.75) is 75.1 Å². The number of amides is 2. The van der Waals surface area contributed by atoms with Gasteiger partial charge in [-0.05, 0) is 54.3 Å². The van der Waals surface area contributed by atoms with Gasteiger partial charge in [0.15, 0.2) is 12.5 Å². The largest absolute Gasteiger partial charge is 0.618 e. The Morgan fingerprint density at radius 2 is 1.50 bits per heavy atom. The van der Waals surface area contributed by atoms with E-state index >= 15 is 0 Å². The third-order valence-electron chi connectivity index (χ3n) is 8.08. The summed E-state index contributed by atoms with van der Waals surface area (Å²) in [7, 11) is 0. The first-order valence-electron chi connectivity index (χ1n) is 16.2. The summed E-state index contributed by atoms with van der Waals surface area (Å²) in [5.41, 5.74) is 10.4. The zero-order valence-corrected chi connectivity index (χ0v) is 27.6. The molecular formula is C37H42N4O6S. The Kier molecular flexibility index (Phi) is 12.8. The molecule has 5 N–H and O–H groups in total. The van der Waals surface area contributed by atoms with Crippen LogP contribution in [0.3, 0.4) is 0 Å². The second-order valence-corrected chi connectivity index (χ2v) is 12.8. The van der Waals surface area contributed by atoms with Crippen LogP contribution < -0.4 is 21.1 Å². The molecule has 0 spiro atoms. The molecule has 1 aliphatic rings. The first-order chi connectivity index (χ1) is 23.4. The van der Waals surface area contributed by atoms with Crippen LogP contribution in [0.1, 0.15) is 74.0 Å². The molecule has 0 aliphatic carbocycles. The quantitative estimate of drug-likeness (QED) is 0.0361. The molecule has 10 nitrogen and oxygen atoms in total. The van der Waals surface area contributed by atoms with Gasteiger partial charge in [-0.1, -0.05) is 73.1 Å². The number of para-hydroxylation sites is 2. The second kappa shape index (κ2) is 17.7. The molecule has 3 atom stereocenters. The van der Waals surface area contributed by atoms with Crippen LogP contribution in [0.2, 0.25) is 0 Å². The van der Waals surface area contributed by atoms with Crippen LogP contribution in [-0.2, 0) is 25.7 Å². The zero-order valence-electron chi connectivity index (χ0n) is 26.8. The van der Waals surface area contributed by atoms with E-state index in [9.17, 15) is 19.9 Å². The predicted molar refractivity (Wildman–Crippen MR) is 187 cm³/mol. The molecular weight excluding hydrogens is 628 g/mol. The predicted octanol–water partition coefficient (Wildman–Crippen LogP) is 6.65. The van der Waals surface area contributed by atoms with E-state index in [2.05, 4.69) is 10.6 Å². The highest BCUT2D eigenvalue weighted by atomic mass is 32.2. The number of anilines is 3. The van der Waals surface area contributed by atoms with Crippen molar-refractivity contribution in [2.75, 3.05) is 22.1 Å². The molecule has 0 radical (unpaired) electrons. The first kappa shape index (κ1) is 34.9. The lowest BCUT2D eigenvalue weighted by Crippen LogP contribution is -2.32. The van der Waals surface area contributed by atoms with Gasteiger partial charge in [0.05, 0.1) is 30.2 Å². The average Bonchev–Trinajstić information content (AvgIpc) is 3.10. The molecule has 4 aromatic rings. The maximum Gasteiger partial charge on any atom is 0.251 e. The number of unbranched alkanes of at least 4 members (excludes halogenated alkanes) is 3. The number of carbonyl (C=O) groups excluding carboxylic acids is 2. The summed E-state index contributed by atoms with van der Waals surface area (Å²) in [6.45, 7) is -0.0296. The molecule has 2 amide bonds. The van der Waals surface area contributed by atoms with E-state index in [1.807, 2.05) is 66.7 Å². The van der Waals surface area contributed by atoms with Crippen LogP contribution >= 0.6 is 11.8 Å². The summed E-state index contributed by atoms with van der Waals surface area (Å²) in [6, 6.07) is 27.7. The lowest BCUT2D eigenvalue weighted by Gasteiger charge is -2.36. The van der Waals surface area contributed by atoms with Crippen molar-refractivity contribution in [3.8, 4) is 0 Å². The molecule has 0 bridgehead atoms. The normalized spacial score (nSPS) is 17.5. The molecule has 0 saturated carbocycles. The Morgan fingerprint density at radius 3 is 2.19 bits per heavy atom. The van der Waals surface area contributed by atoms with Crippen LogP contribution in [0.25, 0.3) is 0 Å². The first-order valence-corrected chi connectivity index (χ1v) is 17.2. The molecule has 5 rings (SSSR count). The van der Waals surface area contributed by atoms with Crippen molar-refractivity contribution in [3.63, 3.8) is 0 Å². The van der Waals surface area contributed by atoms with E-state index in [1.54, 1.807) is 24.3 Å². The Morgan fingerprint density at radius 1 is 0.833 bits per heavy atom. The number of nitrogens with zero attached hydrogens (tertiary/aromatic N) is 1. The molecule has 3 unspecified atom stereocenters. The second-order valence-electron chi connectivity index (χ2n) is 11.7. The molecule has 1 saturated heterocycles. The Bertz CT molecular complexity index is 1640. The minimum Gasteiger partial charge on any atom is -0.618 e. The van der Waals surface area contributed by atoms with E-state index in [1.165, 1.54) is 18.0 Å². The molecule has 11 heteroatoms. The molecule has 3 aromatic carbocycles. The zero-order chi connectivity index (χ0) is 33.7. The number of carbonyl (C=O) groups is 2. The number of nitrogens with one attached hydrogen (secondary N) is 2. The number of aliphatic hydroxyl groups excluding tert-OH is 1. The van der Waals surface area contributed by atoms with E-state index in [-0.39, 0.29) is 30.6 Å². The van der Waals surface area contributed by atoms with Gasteiger partial charge in [-0.3, -0.25) is 9.59 Å². The number of aliphatic hydroxyl groups is 1. The highest BCUT2D eigenvalue weighted by Crippen LogP contribution is 2.39. The fraction of sp³-hybridized carbons (Fsp3) is 0.324. The van der Waals surface area contributed by atoms with Crippen molar-refractivity contribution in [1.29, 1.82) is 0 Å². The fourth-order valence-corrected chi connectivity index (χ4v) is 6.35. The van der Waals surface area contributed by atoms with E-state index in [0.29, 0.717) is 47.1 Å². The lowest BCUT2D eigenvalue weighted by atomic mass is 10.0. The number of hydrogen-bond donors (Lipinski definition) is 4. The van der Waals surface area contributed by atoms with Crippen molar-refractivity contribution in [1.82, 2.24) is 0 Å². The number of rotatable bonds is 15. The van der Waals surface area contributed by atoms with Gasteiger partial charge in [-0.25, -0.2) is 0 Å². The van der Waals surface area contributed by atoms with Crippen LogP contribution in [-0.4, -0.2) is 28.8 Å². The number of nitrogen functional groups attached to an aromatic ring is 1. The maximum atomic E-state index is 12.6. The van der Waals surface area contributed by atoms with Gasteiger partial charge in [-0.2, -0.15) is 4.73 Å². The lowest BCUT2D eigenvalue weighted by molar-refractivity contribution is -0.645. The van der Waals surface area contributed by atoms with E-state index < -0.39 is 6.29 Å². The SMILES string of the molecule is Nc1ccccc1NC(=O)CCCCCCC(=O)Nc1ccc(C2OC(CSc3cccc[n+]3[O-])CC(c3ccc(CO)cc3)O2)cc1. The summed E-state index contributed by atoms with van der Waals surface area (Å²) < 4.78 is 13.6. The summed E-state index contributed by atoms with van der Waals surface area (Å²) in [4.78, 5) is 24.8. The molecule has 48 heavy (non-hydrogen) atoms. The summed E-state index contributed by atoms with van der Waals surface area (Å²) in [5.74, 6) is 0.440. The molecule has 1 aliphatic heterocycles. The summed E-state index contributed by atoms with van der Waals surface area (Å²) in [6.07, 6.45) is 5.01. The molecule has 1 fully saturated rings. The standard InChI is InChI=1S/C37H42N4O6S/c38-31-9-5-6-10-32(31)40-35(44)12-4-2-1-3-11-34(43)39-29-20-18-28(19-21-29)37-46-30(25-48-36-13-7-8-22-41(36)45)23-33(47-37)27-16-14-26(24-42)15-17-27/h5-10,13-22,30,33,37,42H,1-4,11-12,23-25,38H2,(H,39,43)(H,40,44). The van der Waals surface area contributed by atoms with Crippen molar-refractivity contribution >= 4 is 40.6 Å². The Labute approximate surface area is 285 Å². The van der Waals surface area contributed by atoms with Gasteiger partial charge in [0.2, 0.25) is 11.8 Å². The number of hydrogen-bond acceptors (Lipinski definition) is 8. The highest BCUT2D eigenvalue weighted by Gasteiger charge is 2.32. The number of benzene rings is 3. The summed E-state index contributed by atoms with van der Waals surface area (Å²) >= 11 is 1.44. The smallest absolute Gasteiger partial charge is 0.251 e. The maximum absolute atomic E-state index is 12.6. The topological polar surface area (TPSA) is 150 Å². The fourth-order valence-electron chi connectivity index (χ4n) is 5.42. The third kappa shape index (κ3) is 10.3. The number of nitrogens with two attached hydrogens (primary N) is 1. The van der Waals surface area contributed by atoms with Gasteiger partial charge >= 0.3 is 0 Å². The number of pyridine rings is 1. The molecule has 1 aromatic heterocycles. The Hall–Kier alpha value is -4.42. The minimum atomic E-state index is -0.640. The van der Waals surface area contributed by atoms with Crippen LogP contribution in [0.4, 0.5) is 17.1 Å². The number of aromatic nitrogens is 1. The van der Waals surface area contributed by atoms with Gasteiger partial charge in [0.1, 0.15) is 0 Å². The van der Waals surface area contributed by atoms with Gasteiger partial charge in [0, 0.05) is 48.4 Å². The van der Waals surface area contributed by atoms with Gasteiger partial charge < -0.3 is 36.2 Å². The number of ether oxygens (including phenoxy) is 2. The Balaban J connectivity index is 1.09. The van der Waals surface area contributed by atoms with Crippen molar-refractivity contribution in [2.24, 2.45) is 0 Å². The van der Waals surface area contributed by atoms with Gasteiger partial charge in [0.25, 0.3) is 5.03 Å². The molecule has 2 heterocycles. The van der Waals surface area contributed by atoms with Crippen molar-refractivity contribution in [3.05, 3.63) is 119 Å². The van der Waals surface area contributed by atoms with Gasteiger partial charge in [-0.15, -0.1) is 0 Å². The van der Waals surface area contributed by atoms with Crippen LogP contribution in [0.5, 0.6) is 0 Å². The monoisotopic (exact) mass is 670 g/mol. The minimum absolute atomic E-state index is 0.0296.